The van der Waals surface area contributed by atoms with Gasteiger partial charge in [-0.15, -0.1) is 10.2 Å². The van der Waals surface area contributed by atoms with Crippen molar-refractivity contribution in [2.24, 2.45) is 5.73 Å². The van der Waals surface area contributed by atoms with Gasteiger partial charge < -0.3 is 5.73 Å². The fourth-order valence-electron chi connectivity index (χ4n) is 2.95. The third kappa shape index (κ3) is 1.63. The Morgan fingerprint density at radius 3 is 2.76 bits per heavy atom. The van der Waals surface area contributed by atoms with Gasteiger partial charge in [0.2, 0.25) is 0 Å². The second kappa shape index (κ2) is 4.11. The topological polar surface area (TPSA) is 56.2 Å². The molecule has 0 radical (unpaired) electrons. The summed E-state index contributed by atoms with van der Waals surface area (Å²) in [4.78, 5) is 0. The predicted molar refractivity (Wildman–Crippen MR) is 66.8 cm³/mol. The summed E-state index contributed by atoms with van der Waals surface area (Å²) in [6.07, 6.45) is 8.13. The number of aromatic nitrogens is 3. The molecular weight excluding hydrogens is 212 g/mol. The maximum absolute atomic E-state index is 6.04. The first-order valence-corrected chi connectivity index (χ1v) is 6.36. The van der Waals surface area contributed by atoms with Gasteiger partial charge in [-0.1, -0.05) is 25.3 Å². The normalized spacial score (nSPS) is 19.6. The average Bonchev–Trinajstić information content (AvgIpc) is 2.84. The van der Waals surface area contributed by atoms with Gasteiger partial charge in [0.1, 0.15) is 5.82 Å². The van der Waals surface area contributed by atoms with Crippen molar-refractivity contribution >= 4 is 5.65 Å². The number of pyridine rings is 1. The molecule has 2 aromatic rings. The number of rotatable bonds is 2. The molecule has 0 amide bonds. The van der Waals surface area contributed by atoms with Gasteiger partial charge in [0.15, 0.2) is 5.65 Å². The van der Waals surface area contributed by atoms with E-state index < -0.39 is 0 Å². The van der Waals surface area contributed by atoms with Gasteiger partial charge in [-0.3, -0.25) is 4.40 Å². The summed E-state index contributed by atoms with van der Waals surface area (Å²) in [5.41, 5.74) is 7.00. The Morgan fingerprint density at radius 1 is 1.18 bits per heavy atom. The molecule has 1 aliphatic carbocycles. The van der Waals surface area contributed by atoms with Gasteiger partial charge in [-0.2, -0.15) is 0 Å². The first-order valence-electron chi connectivity index (χ1n) is 6.36. The maximum Gasteiger partial charge on any atom is 0.160 e. The lowest BCUT2D eigenvalue weighted by molar-refractivity contribution is 0.284. The lowest BCUT2D eigenvalue weighted by Crippen LogP contribution is -2.39. The van der Waals surface area contributed by atoms with E-state index in [0.29, 0.717) is 6.54 Å². The highest BCUT2D eigenvalue weighted by molar-refractivity contribution is 5.38. The molecule has 2 aromatic heterocycles. The summed E-state index contributed by atoms with van der Waals surface area (Å²) in [7, 11) is 0. The highest BCUT2D eigenvalue weighted by atomic mass is 15.3. The van der Waals surface area contributed by atoms with Crippen LogP contribution < -0.4 is 5.73 Å². The molecule has 3 rings (SSSR count). The Labute approximate surface area is 101 Å². The van der Waals surface area contributed by atoms with Crippen LogP contribution in [0.5, 0.6) is 0 Å². The van der Waals surface area contributed by atoms with E-state index in [4.69, 9.17) is 5.73 Å². The Kier molecular flexibility index (Phi) is 2.59. The molecule has 1 aliphatic rings. The number of fused-ring (bicyclic) bond motifs is 1. The summed E-state index contributed by atoms with van der Waals surface area (Å²) >= 11 is 0. The van der Waals surface area contributed by atoms with Gasteiger partial charge in [0, 0.05) is 18.2 Å². The van der Waals surface area contributed by atoms with Crippen molar-refractivity contribution in [2.75, 3.05) is 6.54 Å². The number of hydrogen-bond acceptors (Lipinski definition) is 3. The molecule has 0 bridgehead atoms. The predicted octanol–water partition coefficient (Wildman–Crippen LogP) is 1.89. The van der Waals surface area contributed by atoms with Crippen LogP contribution in [0, 0.1) is 0 Å². The smallest absolute Gasteiger partial charge is 0.160 e. The van der Waals surface area contributed by atoms with E-state index in [1.165, 1.54) is 19.3 Å². The first kappa shape index (κ1) is 10.7. The van der Waals surface area contributed by atoms with Crippen LogP contribution in [-0.4, -0.2) is 21.1 Å². The van der Waals surface area contributed by atoms with Crippen molar-refractivity contribution in [1.29, 1.82) is 0 Å². The van der Waals surface area contributed by atoms with Gasteiger partial charge in [-0.05, 0) is 25.0 Å². The molecule has 90 valence electrons. The van der Waals surface area contributed by atoms with E-state index in [0.717, 1.165) is 24.3 Å². The van der Waals surface area contributed by atoms with Crippen LogP contribution in [0.3, 0.4) is 0 Å². The van der Waals surface area contributed by atoms with Gasteiger partial charge in [0.25, 0.3) is 0 Å². The van der Waals surface area contributed by atoms with Crippen molar-refractivity contribution in [3.05, 3.63) is 30.2 Å². The van der Waals surface area contributed by atoms with Crippen LogP contribution >= 0.6 is 0 Å². The van der Waals surface area contributed by atoms with Crippen molar-refractivity contribution < 1.29 is 0 Å². The Balaban J connectivity index is 2.12. The molecule has 4 heteroatoms. The molecule has 0 aliphatic heterocycles. The second-order valence-corrected chi connectivity index (χ2v) is 5.00. The molecule has 4 nitrogen and oxygen atoms in total. The van der Waals surface area contributed by atoms with Crippen LogP contribution in [0.2, 0.25) is 0 Å². The van der Waals surface area contributed by atoms with Crippen molar-refractivity contribution in [3.63, 3.8) is 0 Å². The van der Waals surface area contributed by atoms with Gasteiger partial charge in [0.05, 0.1) is 0 Å². The minimum absolute atomic E-state index is 0.0407. The molecule has 0 atom stereocenters. The van der Waals surface area contributed by atoms with Gasteiger partial charge >= 0.3 is 0 Å². The van der Waals surface area contributed by atoms with E-state index in [9.17, 15) is 0 Å². The third-order valence-corrected chi connectivity index (χ3v) is 3.99. The molecular formula is C13H18N4. The summed E-state index contributed by atoms with van der Waals surface area (Å²) in [5.74, 6) is 1.05. The zero-order valence-corrected chi connectivity index (χ0v) is 9.97. The standard InChI is InChI=1S/C13H18N4/c14-10-13(7-3-1-4-8-13)12-16-15-11-6-2-5-9-17(11)12/h2,5-6,9H,1,3-4,7-8,10,14H2. The highest BCUT2D eigenvalue weighted by Gasteiger charge is 2.36. The second-order valence-electron chi connectivity index (χ2n) is 5.00. The number of nitrogens with zero attached hydrogens (tertiary/aromatic N) is 3. The van der Waals surface area contributed by atoms with E-state index >= 15 is 0 Å². The summed E-state index contributed by atoms with van der Waals surface area (Å²) in [5, 5.41) is 8.64. The molecule has 0 unspecified atom stereocenters. The quantitative estimate of drug-likeness (QED) is 0.857. The van der Waals surface area contributed by atoms with Crippen molar-refractivity contribution in [2.45, 2.75) is 37.5 Å². The molecule has 17 heavy (non-hydrogen) atoms. The molecule has 0 saturated heterocycles. The number of nitrogens with two attached hydrogens (primary N) is 1. The lowest BCUT2D eigenvalue weighted by atomic mass is 9.73. The molecule has 1 fully saturated rings. The Morgan fingerprint density at radius 2 is 2.00 bits per heavy atom. The van der Waals surface area contributed by atoms with Gasteiger partial charge in [-0.25, -0.2) is 0 Å². The van der Waals surface area contributed by atoms with Crippen molar-refractivity contribution in [3.8, 4) is 0 Å². The molecule has 0 spiro atoms. The zero-order valence-electron chi connectivity index (χ0n) is 9.97. The Bertz CT molecular complexity index is 511. The first-order chi connectivity index (χ1) is 8.36. The molecule has 0 aromatic carbocycles. The van der Waals surface area contributed by atoms with E-state index in [1.807, 2.05) is 24.4 Å². The minimum Gasteiger partial charge on any atom is -0.329 e. The van der Waals surface area contributed by atoms with E-state index in [2.05, 4.69) is 14.6 Å². The lowest BCUT2D eigenvalue weighted by Gasteiger charge is -2.34. The average molecular weight is 230 g/mol. The van der Waals surface area contributed by atoms with E-state index in [-0.39, 0.29) is 5.41 Å². The minimum atomic E-state index is 0.0407. The Hall–Kier alpha value is -1.42. The SMILES string of the molecule is NCC1(c2nnc3ccccn23)CCCCC1. The largest absolute Gasteiger partial charge is 0.329 e. The van der Waals surface area contributed by atoms with Crippen molar-refractivity contribution in [1.82, 2.24) is 14.6 Å². The summed E-state index contributed by atoms with van der Waals surface area (Å²) in [6, 6.07) is 6.00. The zero-order chi connectivity index (χ0) is 11.7. The van der Waals surface area contributed by atoms with Crippen LogP contribution in [0.15, 0.2) is 24.4 Å². The van der Waals surface area contributed by atoms with Crippen LogP contribution in [0.25, 0.3) is 5.65 Å². The monoisotopic (exact) mass is 230 g/mol. The third-order valence-electron chi connectivity index (χ3n) is 3.99. The summed E-state index contributed by atoms with van der Waals surface area (Å²) < 4.78 is 2.10. The van der Waals surface area contributed by atoms with E-state index in [1.54, 1.807) is 0 Å². The fraction of sp³-hybridized carbons (Fsp3) is 0.538. The highest BCUT2D eigenvalue weighted by Crippen LogP contribution is 2.37. The fourth-order valence-corrected chi connectivity index (χ4v) is 2.95. The van der Waals surface area contributed by atoms with Crippen LogP contribution in [0.4, 0.5) is 0 Å². The molecule has 1 saturated carbocycles. The summed E-state index contributed by atoms with van der Waals surface area (Å²) in [6.45, 7) is 0.669. The van der Waals surface area contributed by atoms with Crippen LogP contribution in [-0.2, 0) is 5.41 Å². The van der Waals surface area contributed by atoms with Crippen LogP contribution in [0.1, 0.15) is 37.9 Å². The maximum atomic E-state index is 6.04. The molecule has 2 N–H and O–H groups in total. The number of hydrogen-bond donors (Lipinski definition) is 1. The molecule has 2 heterocycles.